The minimum absolute atomic E-state index is 0.265. The quantitative estimate of drug-likeness (QED) is 0.497. The number of aryl methyl sites for hydroxylation is 2. The van der Waals surface area contributed by atoms with E-state index in [0.29, 0.717) is 12.4 Å². The average molecular weight is 343 g/mol. The number of nitrogens with zero attached hydrogens (tertiary/aromatic N) is 3. The van der Waals surface area contributed by atoms with Gasteiger partial charge in [0.15, 0.2) is 5.16 Å². The Morgan fingerprint density at radius 3 is 2.54 bits per heavy atom. The van der Waals surface area contributed by atoms with Crippen molar-refractivity contribution in [1.82, 2.24) is 14.8 Å². The largest absolute Gasteiger partial charge is 0.493 e. The Morgan fingerprint density at radius 1 is 1.04 bits per heavy atom. The summed E-state index contributed by atoms with van der Waals surface area (Å²) in [5.41, 5.74) is 2.26. The highest BCUT2D eigenvalue weighted by Gasteiger charge is 2.12. The fourth-order valence-corrected chi connectivity index (χ4v) is 3.16. The van der Waals surface area contributed by atoms with E-state index in [9.17, 15) is 4.39 Å². The molecule has 0 unspecified atom stereocenters. The first-order valence-corrected chi connectivity index (χ1v) is 8.63. The fraction of sp³-hybridized carbons (Fsp3) is 0.222. The summed E-state index contributed by atoms with van der Waals surface area (Å²) in [5.74, 6) is 1.97. The molecule has 0 amide bonds. The van der Waals surface area contributed by atoms with Gasteiger partial charge in [-0.15, -0.1) is 10.2 Å². The summed E-state index contributed by atoms with van der Waals surface area (Å²) in [6.45, 7) is 4.52. The normalized spacial score (nSPS) is 10.8. The summed E-state index contributed by atoms with van der Waals surface area (Å²) in [6, 6.07) is 14.2. The second-order valence-electron chi connectivity index (χ2n) is 5.30. The predicted octanol–water partition coefficient (Wildman–Crippen LogP) is 4.19. The van der Waals surface area contributed by atoms with Crippen LogP contribution in [0, 0.1) is 19.7 Å². The Hall–Kier alpha value is -2.34. The molecule has 4 nitrogen and oxygen atoms in total. The third kappa shape index (κ3) is 3.76. The van der Waals surface area contributed by atoms with Crippen molar-refractivity contribution in [2.24, 2.45) is 0 Å². The van der Waals surface area contributed by atoms with E-state index < -0.39 is 0 Å². The molecule has 3 rings (SSSR count). The van der Waals surface area contributed by atoms with Crippen molar-refractivity contribution >= 4 is 11.8 Å². The summed E-state index contributed by atoms with van der Waals surface area (Å²) in [6.07, 6.45) is 0. The summed E-state index contributed by atoms with van der Waals surface area (Å²) in [7, 11) is 0. The van der Waals surface area contributed by atoms with Crippen LogP contribution in [0.2, 0.25) is 0 Å². The third-order valence-electron chi connectivity index (χ3n) is 3.55. The van der Waals surface area contributed by atoms with E-state index in [4.69, 9.17) is 4.74 Å². The van der Waals surface area contributed by atoms with Crippen LogP contribution in [0.25, 0.3) is 5.69 Å². The Bertz CT molecular complexity index is 817. The topological polar surface area (TPSA) is 39.9 Å². The first kappa shape index (κ1) is 16.5. The molecule has 0 atom stereocenters. The average Bonchev–Trinajstić information content (AvgIpc) is 2.94. The van der Waals surface area contributed by atoms with E-state index in [1.54, 1.807) is 23.9 Å². The number of hydrogen-bond donors (Lipinski definition) is 0. The highest BCUT2D eigenvalue weighted by atomic mass is 32.2. The molecule has 2 aromatic carbocycles. The second kappa shape index (κ2) is 7.49. The van der Waals surface area contributed by atoms with Gasteiger partial charge in [-0.2, -0.15) is 0 Å². The van der Waals surface area contributed by atoms with Crippen LogP contribution in [-0.2, 0) is 0 Å². The van der Waals surface area contributed by atoms with Gasteiger partial charge in [-0.05, 0) is 49.7 Å². The van der Waals surface area contributed by atoms with Crippen LogP contribution in [0.5, 0.6) is 5.75 Å². The van der Waals surface area contributed by atoms with Crippen molar-refractivity contribution < 1.29 is 9.13 Å². The maximum absolute atomic E-state index is 12.9. The molecule has 1 aromatic heterocycles. The van der Waals surface area contributed by atoms with Crippen LogP contribution in [0.1, 0.15) is 11.4 Å². The number of benzene rings is 2. The van der Waals surface area contributed by atoms with Crippen molar-refractivity contribution in [3.05, 3.63) is 65.7 Å². The van der Waals surface area contributed by atoms with E-state index >= 15 is 0 Å². The lowest BCUT2D eigenvalue weighted by Crippen LogP contribution is -2.04. The lowest BCUT2D eigenvalue weighted by molar-refractivity contribution is 0.343. The second-order valence-corrected chi connectivity index (χ2v) is 6.36. The van der Waals surface area contributed by atoms with Gasteiger partial charge in [-0.25, -0.2) is 4.39 Å². The molecule has 0 saturated carbocycles. The molecule has 6 heteroatoms. The number of rotatable bonds is 6. The number of aromatic nitrogens is 3. The van der Waals surface area contributed by atoms with Gasteiger partial charge in [0.2, 0.25) is 0 Å². The fourth-order valence-electron chi connectivity index (χ4n) is 2.35. The van der Waals surface area contributed by atoms with Gasteiger partial charge in [0.25, 0.3) is 0 Å². The molecule has 0 spiro atoms. The summed E-state index contributed by atoms with van der Waals surface area (Å²) >= 11 is 1.58. The molecule has 124 valence electrons. The summed E-state index contributed by atoms with van der Waals surface area (Å²) in [4.78, 5) is 0. The number of ether oxygens (including phenoxy) is 1. The van der Waals surface area contributed by atoms with Gasteiger partial charge >= 0.3 is 0 Å². The zero-order valence-electron chi connectivity index (χ0n) is 13.6. The maximum Gasteiger partial charge on any atom is 0.195 e. The zero-order valence-corrected chi connectivity index (χ0v) is 14.4. The molecule has 24 heavy (non-hydrogen) atoms. The predicted molar refractivity (Wildman–Crippen MR) is 93.5 cm³/mol. The van der Waals surface area contributed by atoms with Crippen molar-refractivity contribution in [2.45, 2.75) is 19.0 Å². The lowest BCUT2D eigenvalue weighted by Gasteiger charge is -2.11. The van der Waals surface area contributed by atoms with Gasteiger partial charge in [-0.3, -0.25) is 4.57 Å². The maximum atomic E-state index is 12.9. The Labute approximate surface area is 144 Å². The molecule has 0 N–H and O–H groups in total. The highest BCUT2D eigenvalue weighted by molar-refractivity contribution is 7.99. The first-order valence-electron chi connectivity index (χ1n) is 7.64. The number of thioether (sulfide) groups is 1. The van der Waals surface area contributed by atoms with Crippen LogP contribution in [0.4, 0.5) is 4.39 Å². The molecule has 0 aliphatic heterocycles. The molecule has 0 aliphatic rings. The molecule has 0 saturated heterocycles. The van der Waals surface area contributed by atoms with Crippen molar-refractivity contribution in [3.63, 3.8) is 0 Å². The molecule has 0 fully saturated rings. The van der Waals surface area contributed by atoms with Crippen LogP contribution in [0.3, 0.4) is 0 Å². The first-order chi connectivity index (χ1) is 11.6. The van der Waals surface area contributed by atoms with Gasteiger partial charge in [0.1, 0.15) is 17.4 Å². The van der Waals surface area contributed by atoms with Crippen molar-refractivity contribution in [3.8, 4) is 11.4 Å². The molecule has 1 heterocycles. The van der Waals surface area contributed by atoms with Crippen LogP contribution >= 0.6 is 11.8 Å². The summed E-state index contributed by atoms with van der Waals surface area (Å²) in [5, 5.41) is 9.29. The highest BCUT2D eigenvalue weighted by Crippen LogP contribution is 2.24. The standard InChI is InChI=1S/C18H18FN3OS/c1-13-5-3-4-6-17(13)22-14(2)20-21-18(22)24-12-11-23-16-9-7-15(19)8-10-16/h3-10H,11-12H2,1-2H3. The third-order valence-corrected chi connectivity index (χ3v) is 4.44. The van der Waals surface area contributed by atoms with Crippen LogP contribution < -0.4 is 4.74 Å². The van der Waals surface area contributed by atoms with E-state index in [2.05, 4.69) is 33.8 Å². The van der Waals surface area contributed by atoms with Crippen LogP contribution in [-0.4, -0.2) is 27.1 Å². The van der Waals surface area contributed by atoms with Gasteiger partial charge < -0.3 is 4.74 Å². The van der Waals surface area contributed by atoms with Crippen molar-refractivity contribution in [1.29, 1.82) is 0 Å². The minimum Gasteiger partial charge on any atom is -0.493 e. The molecule has 3 aromatic rings. The number of para-hydroxylation sites is 1. The smallest absolute Gasteiger partial charge is 0.195 e. The summed E-state index contributed by atoms with van der Waals surface area (Å²) < 4.78 is 20.5. The zero-order chi connectivity index (χ0) is 16.9. The SMILES string of the molecule is Cc1ccccc1-n1c(C)nnc1SCCOc1ccc(F)cc1. The molecule has 0 aliphatic carbocycles. The van der Waals surface area contributed by atoms with Gasteiger partial charge in [-0.1, -0.05) is 30.0 Å². The number of halogens is 1. The molecular weight excluding hydrogens is 325 g/mol. The molecule has 0 bridgehead atoms. The lowest BCUT2D eigenvalue weighted by atomic mass is 10.2. The Balaban J connectivity index is 1.64. The molecular formula is C18H18FN3OS. The van der Waals surface area contributed by atoms with Gasteiger partial charge in [0.05, 0.1) is 12.3 Å². The van der Waals surface area contributed by atoms with E-state index in [-0.39, 0.29) is 5.82 Å². The van der Waals surface area contributed by atoms with Gasteiger partial charge in [0, 0.05) is 5.75 Å². The van der Waals surface area contributed by atoms with Crippen LogP contribution in [0.15, 0.2) is 53.7 Å². The monoisotopic (exact) mass is 343 g/mol. The Morgan fingerprint density at radius 2 is 1.79 bits per heavy atom. The van der Waals surface area contributed by atoms with E-state index in [1.807, 2.05) is 19.1 Å². The van der Waals surface area contributed by atoms with E-state index in [1.165, 1.54) is 17.7 Å². The van der Waals surface area contributed by atoms with Crippen molar-refractivity contribution in [2.75, 3.05) is 12.4 Å². The Kier molecular flexibility index (Phi) is 5.15. The molecule has 0 radical (unpaired) electrons. The number of hydrogen-bond acceptors (Lipinski definition) is 4. The van der Waals surface area contributed by atoms with E-state index in [0.717, 1.165) is 22.4 Å². The minimum atomic E-state index is -0.265.